The lowest BCUT2D eigenvalue weighted by atomic mass is 9.80. The van der Waals surface area contributed by atoms with Crippen molar-refractivity contribution < 1.29 is 9.90 Å². The number of fused-ring (bicyclic) bond motifs is 2. The summed E-state index contributed by atoms with van der Waals surface area (Å²) in [4.78, 5) is 33.2. The van der Waals surface area contributed by atoms with E-state index in [4.69, 9.17) is 16.6 Å². The fraction of sp³-hybridized carbons (Fsp3) is 0.458. The van der Waals surface area contributed by atoms with E-state index >= 15 is 0 Å². The van der Waals surface area contributed by atoms with Crippen molar-refractivity contribution in [2.24, 2.45) is 11.8 Å². The van der Waals surface area contributed by atoms with Crippen LogP contribution in [0.25, 0.3) is 21.9 Å². The van der Waals surface area contributed by atoms with Gasteiger partial charge in [-0.05, 0) is 68.0 Å². The van der Waals surface area contributed by atoms with Gasteiger partial charge in [0.2, 0.25) is 0 Å². The zero-order valence-corrected chi connectivity index (χ0v) is 19.7. The molecule has 168 valence electrons. The standard InChI is InChI=1S/C24H26ClN3O3S/c1-13-9-15(10-13)27(11-14-3-4-14)19-8-6-17-22(31)16-5-7-18(25)23(32-2)21(16)28(12-20(29)30)24(17)26-19/h5-8,13-15H,3-4,9-12H2,1-2H3,(H,29,30). The highest BCUT2D eigenvalue weighted by Gasteiger charge is 2.35. The van der Waals surface area contributed by atoms with Crippen LogP contribution in [-0.4, -0.2) is 39.5 Å². The van der Waals surface area contributed by atoms with E-state index in [2.05, 4.69) is 11.8 Å². The Balaban J connectivity index is 1.76. The summed E-state index contributed by atoms with van der Waals surface area (Å²) in [6.07, 6.45) is 6.64. The van der Waals surface area contributed by atoms with E-state index in [1.54, 1.807) is 16.7 Å². The maximum Gasteiger partial charge on any atom is 0.323 e. The SMILES string of the molecule is CSc1c(Cl)ccc2c(=O)c3ccc(N(CC4CC4)C4CC(C)C4)nc3n(CC(=O)O)c12. The van der Waals surface area contributed by atoms with E-state index in [-0.39, 0.29) is 12.0 Å². The summed E-state index contributed by atoms with van der Waals surface area (Å²) in [5, 5.41) is 11.1. The Morgan fingerprint density at radius 1 is 1.25 bits per heavy atom. The first-order valence-corrected chi connectivity index (χ1v) is 12.7. The number of hydrogen-bond acceptors (Lipinski definition) is 5. The molecule has 32 heavy (non-hydrogen) atoms. The molecule has 0 amide bonds. The largest absolute Gasteiger partial charge is 0.480 e. The van der Waals surface area contributed by atoms with Gasteiger partial charge in [0.05, 0.1) is 20.8 Å². The molecule has 0 atom stereocenters. The van der Waals surface area contributed by atoms with E-state index < -0.39 is 5.97 Å². The normalized spacial score (nSPS) is 20.5. The van der Waals surface area contributed by atoms with E-state index in [9.17, 15) is 14.7 Å². The summed E-state index contributed by atoms with van der Waals surface area (Å²) >= 11 is 7.84. The lowest BCUT2D eigenvalue weighted by molar-refractivity contribution is -0.137. The molecule has 3 aromatic rings. The van der Waals surface area contributed by atoms with Crippen LogP contribution in [-0.2, 0) is 11.3 Å². The third kappa shape index (κ3) is 3.75. The third-order valence-corrected chi connectivity index (χ3v) is 7.94. The second-order valence-corrected chi connectivity index (χ2v) is 10.4. The van der Waals surface area contributed by atoms with Gasteiger partial charge in [-0.25, -0.2) is 4.98 Å². The summed E-state index contributed by atoms with van der Waals surface area (Å²) in [7, 11) is 0. The number of benzene rings is 1. The lowest BCUT2D eigenvalue weighted by Crippen LogP contribution is -2.45. The lowest BCUT2D eigenvalue weighted by Gasteiger charge is -2.42. The predicted molar refractivity (Wildman–Crippen MR) is 130 cm³/mol. The van der Waals surface area contributed by atoms with Gasteiger partial charge in [-0.3, -0.25) is 9.59 Å². The molecule has 8 heteroatoms. The molecule has 2 aliphatic rings. The molecule has 0 aliphatic heterocycles. The van der Waals surface area contributed by atoms with Gasteiger partial charge in [-0.15, -0.1) is 11.8 Å². The quantitative estimate of drug-likeness (QED) is 0.385. The predicted octanol–water partition coefficient (Wildman–Crippen LogP) is 5.02. The smallest absolute Gasteiger partial charge is 0.323 e. The van der Waals surface area contributed by atoms with Gasteiger partial charge in [0.25, 0.3) is 0 Å². The molecule has 0 saturated heterocycles. The van der Waals surface area contributed by atoms with E-state index in [0.29, 0.717) is 49.7 Å². The average molecular weight is 472 g/mol. The summed E-state index contributed by atoms with van der Waals surface area (Å²) in [5.41, 5.74) is 0.808. The number of anilines is 1. The van der Waals surface area contributed by atoms with Gasteiger partial charge in [-0.2, -0.15) is 0 Å². The van der Waals surface area contributed by atoms with Crippen LogP contribution in [0.15, 0.2) is 34.0 Å². The van der Waals surface area contributed by atoms with Gasteiger partial charge in [-0.1, -0.05) is 18.5 Å². The van der Waals surface area contributed by atoms with Crippen LogP contribution in [0.1, 0.15) is 32.6 Å². The monoisotopic (exact) mass is 471 g/mol. The van der Waals surface area contributed by atoms with Crippen LogP contribution in [0.4, 0.5) is 5.82 Å². The molecule has 2 heterocycles. The van der Waals surface area contributed by atoms with Gasteiger partial charge in [0.15, 0.2) is 5.43 Å². The number of halogens is 1. The zero-order valence-electron chi connectivity index (χ0n) is 18.2. The number of rotatable bonds is 7. The molecule has 0 radical (unpaired) electrons. The summed E-state index contributed by atoms with van der Waals surface area (Å²) in [5.74, 6) is 1.25. The molecule has 0 bridgehead atoms. The molecule has 1 N–H and O–H groups in total. The molecule has 0 spiro atoms. The number of pyridine rings is 2. The number of carboxylic acid groups (broad SMARTS) is 1. The van der Waals surface area contributed by atoms with Gasteiger partial charge in [0.1, 0.15) is 18.0 Å². The van der Waals surface area contributed by atoms with Crippen molar-refractivity contribution in [2.75, 3.05) is 17.7 Å². The van der Waals surface area contributed by atoms with Crippen molar-refractivity contribution in [3.8, 4) is 0 Å². The average Bonchev–Trinajstić information content (AvgIpc) is 3.56. The minimum Gasteiger partial charge on any atom is -0.480 e. The van der Waals surface area contributed by atoms with Crippen LogP contribution in [0.5, 0.6) is 0 Å². The van der Waals surface area contributed by atoms with Crippen molar-refractivity contribution in [1.82, 2.24) is 9.55 Å². The number of nitrogens with zero attached hydrogens (tertiary/aromatic N) is 3. The minimum absolute atomic E-state index is 0.145. The molecule has 6 nitrogen and oxygen atoms in total. The topological polar surface area (TPSA) is 75.4 Å². The van der Waals surface area contributed by atoms with Crippen molar-refractivity contribution in [2.45, 2.75) is 50.1 Å². The summed E-state index contributed by atoms with van der Waals surface area (Å²) in [6.45, 7) is 2.94. The number of carbonyl (C=O) groups is 1. The molecule has 2 saturated carbocycles. The van der Waals surface area contributed by atoms with Crippen molar-refractivity contribution in [3.63, 3.8) is 0 Å². The highest BCUT2D eigenvalue weighted by Crippen LogP contribution is 2.39. The van der Waals surface area contributed by atoms with Gasteiger partial charge < -0.3 is 14.6 Å². The molecule has 2 aromatic heterocycles. The number of carboxylic acids is 1. The maximum atomic E-state index is 13.4. The van der Waals surface area contributed by atoms with Gasteiger partial charge in [0, 0.05) is 18.0 Å². The Hall–Kier alpha value is -2.25. The Morgan fingerprint density at radius 2 is 1.97 bits per heavy atom. The second-order valence-electron chi connectivity index (χ2n) is 9.15. The Kier molecular flexibility index (Phi) is 5.58. The van der Waals surface area contributed by atoms with Crippen LogP contribution >= 0.6 is 23.4 Å². The minimum atomic E-state index is -0.988. The van der Waals surface area contributed by atoms with Crippen LogP contribution in [0.3, 0.4) is 0 Å². The summed E-state index contributed by atoms with van der Waals surface area (Å²) in [6, 6.07) is 7.57. The highest BCUT2D eigenvalue weighted by molar-refractivity contribution is 7.99. The van der Waals surface area contributed by atoms with E-state index in [1.165, 1.54) is 24.6 Å². The fourth-order valence-corrected chi connectivity index (χ4v) is 5.90. The zero-order chi connectivity index (χ0) is 22.6. The van der Waals surface area contributed by atoms with Crippen molar-refractivity contribution in [1.29, 1.82) is 0 Å². The van der Waals surface area contributed by atoms with Crippen LogP contribution < -0.4 is 10.3 Å². The number of aliphatic carboxylic acids is 1. The Labute approximate surface area is 195 Å². The molecular weight excluding hydrogens is 446 g/mol. The first-order valence-electron chi connectivity index (χ1n) is 11.1. The number of hydrogen-bond donors (Lipinski definition) is 1. The van der Waals surface area contributed by atoms with E-state index in [0.717, 1.165) is 25.2 Å². The number of aromatic nitrogens is 2. The van der Waals surface area contributed by atoms with Gasteiger partial charge >= 0.3 is 5.97 Å². The summed E-state index contributed by atoms with van der Waals surface area (Å²) < 4.78 is 1.65. The second kappa shape index (κ2) is 8.27. The molecule has 1 aromatic carbocycles. The fourth-order valence-electron chi connectivity index (χ4n) is 4.84. The van der Waals surface area contributed by atoms with Crippen molar-refractivity contribution in [3.05, 3.63) is 39.5 Å². The van der Waals surface area contributed by atoms with Crippen LogP contribution in [0, 0.1) is 11.8 Å². The first-order chi connectivity index (χ1) is 15.4. The highest BCUT2D eigenvalue weighted by atomic mass is 35.5. The molecule has 2 fully saturated rings. The van der Waals surface area contributed by atoms with Crippen molar-refractivity contribution >= 4 is 57.1 Å². The molecule has 0 unspecified atom stereocenters. The van der Waals surface area contributed by atoms with E-state index in [1.807, 2.05) is 18.4 Å². The van der Waals surface area contributed by atoms with Crippen LogP contribution in [0.2, 0.25) is 5.02 Å². The first kappa shape index (κ1) is 21.6. The Bertz CT molecular complexity index is 1280. The molecular formula is C24H26ClN3O3S. The third-order valence-electron chi connectivity index (χ3n) is 6.69. The molecule has 5 rings (SSSR count). The Morgan fingerprint density at radius 3 is 2.59 bits per heavy atom. The molecule has 2 aliphatic carbocycles. The maximum absolute atomic E-state index is 13.4. The number of thioether (sulfide) groups is 1.